The SMILES string of the molecule is Cc1cccc(-c2nnc(C(S)c3cc(=O)[nH]c4ccccc34)o2)c1. The molecule has 1 atom stereocenters. The van der Waals surface area contributed by atoms with Gasteiger partial charge >= 0.3 is 0 Å². The highest BCUT2D eigenvalue weighted by atomic mass is 32.1. The van der Waals surface area contributed by atoms with Crippen molar-refractivity contribution in [2.75, 3.05) is 0 Å². The van der Waals surface area contributed by atoms with Crippen LogP contribution >= 0.6 is 12.6 Å². The van der Waals surface area contributed by atoms with Crippen LogP contribution in [0.1, 0.15) is 22.3 Å². The molecule has 4 aromatic rings. The summed E-state index contributed by atoms with van der Waals surface area (Å²) in [5.41, 5.74) is 3.27. The molecule has 0 amide bonds. The molecule has 4 rings (SSSR count). The van der Waals surface area contributed by atoms with Crippen molar-refractivity contribution in [3.05, 3.63) is 82.0 Å². The molecule has 0 bridgehead atoms. The van der Waals surface area contributed by atoms with Crippen molar-refractivity contribution in [2.24, 2.45) is 0 Å². The molecule has 0 spiro atoms. The van der Waals surface area contributed by atoms with Crippen LogP contribution in [0.4, 0.5) is 0 Å². The number of thiol groups is 1. The van der Waals surface area contributed by atoms with E-state index in [1.165, 1.54) is 6.07 Å². The lowest BCUT2D eigenvalue weighted by atomic mass is 10.1. The Kier molecular flexibility index (Phi) is 3.89. The minimum atomic E-state index is -0.488. The predicted octanol–water partition coefficient (Wildman–Crippen LogP) is 3.91. The molecule has 0 saturated heterocycles. The number of fused-ring (bicyclic) bond motifs is 1. The highest BCUT2D eigenvalue weighted by Gasteiger charge is 2.20. The highest BCUT2D eigenvalue weighted by molar-refractivity contribution is 7.80. The lowest BCUT2D eigenvalue weighted by Crippen LogP contribution is -2.08. The van der Waals surface area contributed by atoms with E-state index in [-0.39, 0.29) is 5.56 Å². The number of aromatic amines is 1. The van der Waals surface area contributed by atoms with E-state index < -0.39 is 5.25 Å². The Morgan fingerprint density at radius 2 is 1.92 bits per heavy atom. The lowest BCUT2D eigenvalue weighted by Gasteiger charge is -2.09. The van der Waals surface area contributed by atoms with E-state index in [0.29, 0.717) is 11.8 Å². The summed E-state index contributed by atoms with van der Waals surface area (Å²) in [6, 6.07) is 16.9. The zero-order valence-corrected chi connectivity index (χ0v) is 14.3. The van der Waals surface area contributed by atoms with Gasteiger partial charge in [0.15, 0.2) is 0 Å². The van der Waals surface area contributed by atoms with E-state index in [9.17, 15) is 4.79 Å². The Hall–Kier alpha value is -2.86. The van der Waals surface area contributed by atoms with Gasteiger partial charge in [0, 0.05) is 22.5 Å². The Labute approximate surface area is 149 Å². The number of rotatable bonds is 3. The summed E-state index contributed by atoms with van der Waals surface area (Å²) >= 11 is 4.63. The molecule has 0 radical (unpaired) electrons. The Morgan fingerprint density at radius 3 is 2.76 bits per heavy atom. The number of hydrogen-bond donors (Lipinski definition) is 2. The van der Waals surface area contributed by atoms with Crippen molar-refractivity contribution in [1.29, 1.82) is 0 Å². The van der Waals surface area contributed by atoms with Gasteiger partial charge in [-0.25, -0.2) is 0 Å². The van der Waals surface area contributed by atoms with Crippen LogP contribution in [-0.4, -0.2) is 15.2 Å². The number of aromatic nitrogens is 3. The highest BCUT2D eigenvalue weighted by Crippen LogP contribution is 2.32. The summed E-state index contributed by atoms with van der Waals surface area (Å²) in [5.74, 6) is 0.794. The molecule has 124 valence electrons. The van der Waals surface area contributed by atoms with Gasteiger partial charge in [0.25, 0.3) is 0 Å². The smallest absolute Gasteiger partial charge is 0.248 e. The molecule has 0 fully saturated rings. The summed E-state index contributed by atoms with van der Waals surface area (Å²) in [7, 11) is 0. The summed E-state index contributed by atoms with van der Waals surface area (Å²) in [6.07, 6.45) is 0. The average molecular weight is 349 g/mol. The van der Waals surface area contributed by atoms with Gasteiger partial charge in [-0.05, 0) is 30.7 Å². The van der Waals surface area contributed by atoms with Gasteiger partial charge in [-0.2, -0.15) is 12.6 Å². The first kappa shape index (κ1) is 15.7. The first-order valence-corrected chi connectivity index (χ1v) is 8.34. The molecule has 2 heterocycles. The number of pyridine rings is 1. The molecule has 6 heteroatoms. The van der Waals surface area contributed by atoms with Gasteiger partial charge < -0.3 is 9.40 Å². The molecule has 25 heavy (non-hydrogen) atoms. The van der Waals surface area contributed by atoms with Gasteiger partial charge in [0.2, 0.25) is 17.3 Å². The molecular weight excluding hydrogens is 334 g/mol. The van der Waals surface area contributed by atoms with Crippen molar-refractivity contribution in [1.82, 2.24) is 15.2 Å². The van der Waals surface area contributed by atoms with Crippen LogP contribution < -0.4 is 5.56 Å². The molecule has 2 aromatic heterocycles. The number of para-hydroxylation sites is 1. The van der Waals surface area contributed by atoms with Gasteiger partial charge in [-0.1, -0.05) is 35.9 Å². The molecule has 1 N–H and O–H groups in total. The third-order valence-electron chi connectivity index (χ3n) is 4.02. The molecular formula is C19H15N3O2S. The Morgan fingerprint density at radius 1 is 1.08 bits per heavy atom. The number of aryl methyl sites for hydroxylation is 1. The van der Waals surface area contributed by atoms with E-state index in [4.69, 9.17) is 4.42 Å². The summed E-state index contributed by atoms with van der Waals surface area (Å²) in [5, 5.41) is 8.67. The monoisotopic (exact) mass is 349 g/mol. The molecule has 2 aromatic carbocycles. The summed E-state index contributed by atoms with van der Waals surface area (Å²) < 4.78 is 5.82. The van der Waals surface area contributed by atoms with Gasteiger partial charge in [-0.3, -0.25) is 4.79 Å². The topological polar surface area (TPSA) is 71.8 Å². The minimum Gasteiger partial charge on any atom is -0.419 e. The van der Waals surface area contributed by atoms with Crippen molar-refractivity contribution in [2.45, 2.75) is 12.2 Å². The molecule has 1 unspecified atom stereocenters. The number of nitrogens with one attached hydrogen (secondary N) is 1. The maximum atomic E-state index is 11.9. The summed E-state index contributed by atoms with van der Waals surface area (Å²) in [4.78, 5) is 14.8. The zero-order chi connectivity index (χ0) is 17.4. The fourth-order valence-corrected chi connectivity index (χ4v) is 3.15. The number of hydrogen-bond acceptors (Lipinski definition) is 5. The van der Waals surface area contributed by atoms with Gasteiger partial charge in [0.05, 0.1) is 0 Å². The molecule has 0 aliphatic rings. The largest absolute Gasteiger partial charge is 0.419 e. The Bertz CT molecular complexity index is 1120. The van der Waals surface area contributed by atoms with Crippen molar-refractivity contribution < 1.29 is 4.42 Å². The maximum Gasteiger partial charge on any atom is 0.248 e. The van der Waals surface area contributed by atoms with Crippen LogP contribution in [0.15, 0.2) is 63.8 Å². The normalized spacial score (nSPS) is 12.4. The van der Waals surface area contributed by atoms with Crippen molar-refractivity contribution in [3.8, 4) is 11.5 Å². The van der Waals surface area contributed by atoms with Gasteiger partial charge in [-0.15, -0.1) is 10.2 Å². The number of nitrogens with zero attached hydrogens (tertiary/aromatic N) is 2. The Balaban J connectivity index is 1.78. The second-order valence-corrected chi connectivity index (χ2v) is 6.37. The second kappa shape index (κ2) is 6.22. The average Bonchev–Trinajstić information content (AvgIpc) is 3.10. The van der Waals surface area contributed by atoms with Crippen LogP contribution in [-0.2, 0) is 0 Å². The van der Waals surface area contributed by atoms with Crippen LogP contribution in [0.2, 0.25) is 0 Å². The molecule has 5 nitrogen and oxygen atoms in total. The van der Waals surface area contributed by atoms with Crippen LogP contribution in [0.3, 0.4) is 0 Å². The fraction of sp³-hybridized carbons (Fsp3) is 0.105. The standard InChI is InChI=1S/C19H15N3O2S/c1-11-5-4-6-12(9-11)18-21-22-19(24-18)17(25)14-10-16(23)20-15-8-3-2-7-13(14)15/h2-10,17,25H,1H3,(H,20,23). The lowest BCUT2D eigenvalue weighted by molar-refractivity contribution is 0.516. The van der Waals surface area contributed by atoms with Crippen LogP contribution in [0, 0.1) is 6.92 Å². The molecule has 0 aliphatic carbocycles. The van der Waals surface area contributed by atoms with Crippen molar-refractivity contribution >= 4 is 23.5 Å². The maximum absolute atomic E-state index is 11.9. The number of benzene rings is 2. The quantitative estimate of drug-likeness (QED) is 0.550. The fourth-order valence-electron chi connectivity index (χ4n) is 2.83. The third-order valence-corrected chi connectivity index (χ3v) is 4.52. The van der Waals surface area contributed by atoms with E-state index in [0.717, 1.165) is 27.6 Å². The van der Waals surface area contributed by atoms with E-state index in [1.54, 1.807) is 0 Å². The zero-order valence-electron chi connectivity index (χ0n) is 13.4. The van der Waals surface area contributed by atoms with Gasteiger partial charge in [0.1, 0.15) is 5.25 Å². The predicted molar refractivity (Wildman–Crippen MR) is 99.9 cm³/mol. The van der Waals surface area contributed by atoms with E-state index in [2.05, 4.69) is 27.8 Å². The second-order valence-electron chi connectivity index (χ2n) is 5.85. The number of H-pyrrole nitrogens is 1. The first-order valence-electron chi connectivity index (χ1n) is 7.82. The third kappa shape index (κ3) is 2.96. The van der Waals surface area contributed by atoms with Crippen LogP contribution in [0.25, 0.3) is 22.4 Å². The van der Waals surface area contributed by atoms with Crippen molar-refractivity contribution in [3.63, 3.8) is 0 Å². The molecule has 0 aliphatic heterocycles. The first-order chi connectivity index (χ1) is 12.1. The summed E-state index contributed by atoms with van der Waals surface area (Å²) in [6.45, 7) is 2.00. The van der Waals surface area contributed by atoms with E-state index in [1.807, 2.05) is 55.5 Å². The minimum absolute atomic E-state index is 0.189. The molecule has 0 saturated carbocycles. The van der Waals surface area contributed by atoms with Crippen LogP contribution in [0.5, 0.6) is 0 Å². The van der Waals surface area contributed by atoms with E-state index >= 15 is 0 Å².